The molecule has 2 amide bonds. The van der Waals surface area contributed by atoms with E-state index in [-0.39, 0.29) is 6.42 Å². The zero-order valence-electron chi connectivity index (χ0n) is 19.3. The molecule has 1 atom stereocenters. The summed E-state index contributed by atoms with van der Waals surface area (Å²) in [5, 5.41) is 5.87. The van der Waals surface area contributed by atoms with Crippen molar-refractivity contribution < 1.29 is 23.9 Å². The Hall–Kier alpha value is -3.84. The molecule has 7 nitrogen and oxygen atoms in total. The van der Waals surface area contributed by atoms with Crippen LogP contribution in [0.5, 0.6) is 5.75 Å². The average Bonchev–Trinajstić information content (AvgIpc) is 2.88. The summed E-state index contributed by atoms with van der Waals surface area (Å²) in [4.78, 5) is 37.3. The van der Waals surface area contributed by atoms with Gasteiger partial charge < -0.3 is 20.1 Å². The molecule has 2 N–H and O–H groups in total. The summed E-state index contributed by atoms with van der Waals surface area (Å²) in [6.45, 7) is 0.00462. The molecule has 0 aliphatic heterocycles. The van der Waals surface area contributed by atoms with Crippen LogP contribution in [0.15, 0.2) is 78.9 Å². The van der Waals surface area contributed by atoms with Gasteiger partial charge in [0.1, 0.15) is 5.75 Å². The molecule has 0 saturated heterocycles. The monoisotopic (exact) mass is 494 g/mol. The Labute approximate surface area is 209 Å². The molecule has 0 radical (unpaired) electrons. The maximum absolute atomic E-state index is 12.7. The average molecular weight is 495 g/mol. The van der Waals surface area contributed by atoms with Crippen LogP contribution in [0.4, 0.5) is 0 Å². The molecule has 0 aliphatic rings. The highest BCUT2D eigenvalue weighted by Crippen LogP contribution is 2.20. The van der Waals surface area contributed by atoms with E-state index in [1.54, 1.807) is 43.5 Å². The van der Waals surface area contributed by atoms with E-state index >= 15 is 0 Å². The first-order chi connectivity index (χ1) is 17.0. The minimum Gasteiger partial charge on any atom is -0.497 e. The van der Waals surface area contributed by atoms with Crippen molar-refractivity contribution in [3.05, 3.63) is 101 Å². The number of halogens is 1. The Bertz CT molecular complexity index is 1140. The third-order valence-corrected chi connectivity index (χ3v) is 5.59. The topological polar surface area (TPSA) is 93.7 Å². The van der Waals surface area contributed by atoms with Gasteiger partial charge >= 0.3 is 5.97 Å². The summed E-state index contributed by atoms with van der Waals surface area (Å²) in [6.07, 6.45) is 0.493. The zero-order valence-corrected chi connectivity index (χ0v) is 20.1. The number of amides is 2. The van der Waals surface area contributed by atoms with Crippen LogP contribution in [0.25, 0.3) is 0 Å². The van der Waals surface area contributed by atoms with Crippen LogP contribution in [-0.2, 0) is 20.7 Å². The van der Waals surface area contributed by atoms with E-state index in [0.29, 0.717) is 23.6 Å². The molecule has 35 heavy (non-hydrogen) atoms. The number of benzene rings is 3. The number of esters is 1. The van der Waals surface area contributed by atoms with E-state index in [1.165, 1.54) is 0 Å². The van der Waals surface area contributed by atoms with Crippen molar-refractivity contribution in [1.29, 1.82) is 0 Å². The molecule has 0 spiro atoms. The molecule has 0 saturated carbocycles. The highest BCUT2D eigenvalue weighted by Gasteiger charge is 2.21. The van der Waals surface area contributed by atoms with Gasteiger partial charge in [-0.05, 0) is 41.8 Å². The standard InChI is InChI=1S/C27H27ClN2O5/c1-34-21-13-11-19(12-14-21)15-16-29-25(31)18-35-26(32)17-24(20-7-3-2-4-8-20)30-27(33)22-9-5-6-10-23(22)28/h2-14,24H,15-18H2,1H3,(H,29,31)(H,30,33)/t24-/m0/s1. The molecule has 0 fully saturated rings. The molecule has 8 heteroatoms. The molecule has 0 aliphatic carbocycles. The Balaban J connectivity index is 1.50. The van der Waals surface area contributed by atoms with Crippen molar-refractivity contribution in [2.24, 2.45) is 0 Å². The number of methoxy groups -OCH3 is 1. The molecule has 0 unspecified atom stereocenters. The van der Waals surface area contributed by atoms with Crippen molar-refractivity contribution >= 4 is 29.4 Å². The predicted molar refractivity (Wildman–Crippen MR) is 133 cm³/mol. The second-order valence-electron chi connectivity index (χ2n) is 7.73. The minimum atomic E-state index is -0.648. The molecule has 0 aromatic heterocycles. The summed E-state index contributed by atoms with van der Waals surface area (Å²) >= 11 is 6.13. The van der Waals surface area contributed by atoms with Crippen LogP contribution in [0.2, 0.25) is 5.02 Å². The van der Waals surface area contributed by atoms with Gasteiger partial charge in [0.15, 0.2) is 6.61 Å². The summed E-state index contributed by atoms with van der Waals surface area (Å²) in [6, 6.07) is 22.6. The summed E-state index contributed by atoms with van der Waals surface area (Å²) in [5.74, 6) is -0.651. The van der Waals surface area contributed by atoms with Crippen LogP contribution in [-0.4, -0.2) is 38.0 Å². The summed E-state index contributed by atoms with van der Waals surface area (Å²) in [7, 11) is 1.60. The zero-order chi connectivity index (χ0) is 25.0. The number of rotatable bonds is 11. The number of nitrogens with one attached hydrogen (secondary N) is 2. The Morgan fingerprint density at radius 1 is 0.914 bits per heavy atom. The lowest BCUT2D eigenvalue weighted by atomic mass is 10.0. The highest BCUT2D eigenvalue weighted by atomic mass is 35.5. The fourth-order valence-electron chi connectivity index (χ4n) is 3.38. The van der Waals surface area contributed by atoms with E-state index in [0.717, 1.165) is 16.9 Å². The SMILES string of the molecule is COc1ccc(CCNC(=O)COC(=O)C[C@H](NC(=O)c2ccccc2Cl)c2ccccc2)cc1. The van der Waals surface area contributed by atoms with Gasteiger partial charge in [-0.3, -0.25) is 14.4 Å². The van der Waals surface area contributed by atoms with Gasteiger partial charge in [0.25, 0.3) is 11.8 Å². The fraction of sp³-hybridized carbons (Fsp3) is 0.222. The van der Waals surface area contributed by atoms with E-state index in [1.807, 2.05) is 42.5 Å². The van der Waals surface area contributed by atoms with Gasteiger partial charge in [-0.1, -0.05) is 66.2 Å². The number of ether oxygens (including phenoxy) is 2. The van der Waals surface area contributed by atoms with Crippen LogP contribution < -0.4 is 15.4 Å². The van der Waals surface area contributed by atoms with E-state index in [4.69, 9.17) is 21.1 Å². The third kappa shape index (κ3) is 8.15. The van der Waals surface area contributed by atoms with Crippen molar-refractivity contribution in [3.63, 3.8) is 0 Å². The van der Waals surface area contributed by atoms with Crippen molar-refractivity contribution in [2.75, 3.05) is 20.3 Å². The molecule has 3 rings (SSSR count). The molecule has 0 heterocycles. The lowest BCUT2D eigenvalue weighted by molar-refractivity contribution is -0.149. The van der Waals surface area contributed by atoms with Gasteiger partial charge in [0, 0.05) is 6.54 Å². The fourth-order valence-corrected chi connectivity index (χ4v) is 3.60. The van der Waals surface area contributed by atoms with Crippen molar-refractivity contribution in [3.8, 4) is 5.75 Å². The first-order valence-electron chi connectivity index (χ1n) is 11.1. The van der Waals surface area contributed by atoms with Crippen LogP contribution in [0.3, 0.4) is 0 Å². The number of carbonyl (C=O) groups excluding carboxylic acids is 3. The minimum absolute atomic E-state index is 0.140. The van der Waals surface area contributed by atoms with Gasteiger partial charge in [-0.2, -0.15) is 0 Å². The maximum Gasteiger partial charge on any atom is 0.308 e. The summed E-state index contributed by atoms with van der Waals surface area (Å²) in [5.41, 5.74) is 2.08. The second kappa shape index (κ2) is 13.2. The van der Waals surface area contributed by atoms with E-state index in [2.05, 4.69) is 10.6 Å². The normalized spacial score (nSPS) is 11.3. The van der Waals surface area contributed by atoms with Crippen LogP contribution in [0.1, 0.15) is 33.9 Å². The third-order valence-electron chi connectivity index (χ3n) is 5.26. The first kappa shape index (κ1) is 25.8. The Morgan fingerprint density at radius 2 is 1.60 bits per heavy atom. The quantitative estimate of drug-likeness (QED) is 0.391. The van der Waals surface area contributed by atoms with Gasteiger partial charge in [-0.15, -0.1) is 0 Å². The molecular weight excluding hydrogens is 468 g/mol. The molecular formula is C27H27ClN2O5. The molecule has 182 valence electrons. The van der Waals surface area contributed by atoms with Crippen molar-refractivity contribution in [1.82, 2.24) is 10.6 Å². The van der Waals surface area contributed by atoms with E-state index in [9.17, 15) is 14.4 Å². The smallest absolute Gasteiger partial charge is 0.308 e. The lowest BCUT2D eigenvalue weighted by Gasteiger charge is -2.19. The lowest BCUT2D eigenvalue weighted by Crippen LogP contribution is -2.33. The Morgan fingerprint density at radius 3 is 2.29 bits per heavy atom. The summed E-state index contributed by atoms with van der Waals surface area (Å²) < 4.78 is 10.3. The highest BCUT2D eigenvalue weighted by molar-refractivity contribution is 6.33. The number of hydrogen-bond acceptors (Lipinski definition) is 5. The van der Waals surface area contributed by atoms with E-state index < -0.39 is 30.4 Å². The number of hydrogen-bond donors (Lipinski definition) is 2. The van der Waals surface area contributed by atoms with Gasteiger partial charge in [0.2, 0.25) is 0 Å². The molecule has 3 aromatic rings. The predicted octanol–water partition coefficient (Wildman–Crippen LogP) is 4.11. The van der Waals surface area contributed by atoms with Gasteiger partial charge in [0.05, 0.1) is 30.2 Å². The van der Waals surface area contributed by atoms with Crippen LogP contribution >= 0.6 is 11.6 Å². The largest absolute Gasteiger partial charge is 0.497 e. The maximum atomic E-state index is 12.7. The molecule has 3 aromatic carbocycles. The second-order valence-corrected chi connectivity index (χ2v) is 8.14. The Kier molecular flexibility index (Phi) is 9.69. The first-order valence-corrected chi connectivity index (χ1v) is 11.5. The van der Waals surface area contributed by atoms with Crippen LogP contribution in [0, 0.1) is 0 Å². The van der Waals surface area contributed by atoms with Crippen molar-refractivity contribution in [2.45, 2.75) is 18.9 Å². The number of carbonyl (C=O) groups is 3. The van der Waals surface area contributed by atoms with Gasteiger partial charge in [-0.25, -0.2) is 0 Å². The molecule has 0 bridgehead atoms.